The molecule has 1 aromatic rings. The molecule has 2 nitrogen and oxygen atoms in total. The first-order chi connectivity index (χ1) is 7.29. The second kappa shape index (κ2) is 3.09. The standard InChI is InChI=1S/C13H15NO/c1-8-9(2)13-11(8)12(14-15-13)10-6-4-3-5-7-10/h3-9,11,13H,1-2H3/t8-,9+,11-,13-/m1/s1. The molecule has 1 aliphatic heterocycles. The smallest absolute Gasteiger partial charge is 0.139 e. The SMILES string of the molecule is C[C@@H]1[C@H](C)[C@H]2ON=C(c3ccccc3)[C@@H]12. The van der Waals surface area contributed by atoms with Crippen molar-refractivity contribution >= 4 is 5.71 Å². The van der Waals surface area contributed by atoms with Crippen molar-refractivity contribution in [3.8, 4) is 0 Å². The van der Waals surface area contributed by atoms with Crippen LogP contribution in [0.25, 0.3) is 0 Å². The lowest BCUT2D eigenvalue weighted by atomic mass is 9.62. The minimum absolute atomic E-state index is 0.329. The third-order valence-corrected chi connectivity index (χ3v) is 3.93. The Labute approximate surface area is 89.9 Å². The van der Waals surface area contributed by atoms with Crippen molar-refractivity contribution in [2.75, 3.05) is 0 Å². The molecule has 0 spiro atoms. The van der Waals surface area contributed by atoms with Gasteiger partial charge in [-0.25, -0.2) is 0 Å². The minimum atomic E-state index is 0.329. The van der Waals surface area contributed by atoms with E-state index < -0.39 is 0 Å². The molecule has 0 aromatic heterocycles. The van der Waals surface area contributed by atoms with Gasteiger partial charge in [0.15, 0.2) is 0 Å². The lowest BCUT2D eigenvalue weighted by molar-refractivity contribution is -0.0758. The molecule has 1 heterocycles. The molecule has 1 aliphatic carbocycles. The van der Waals surface area contributed by atoms with Crippen molar-refractivity contribution in [2.24, 2.45) is 22.9 Å². The molecule has 1 aromatic carbocycles. The van der Waals surface area contributed by atoms with Crippen LogP contribution in [0.5, 0.6) is 0 Å². The Morgan fingerprint density at radius 3 is 2.53 bits per heavy atom. The number of fused-ring (bicyclic) bond motifs is 1. The fraction of sp³-hybridized carbons (Fsp3) is 0.462. The fourth-order valence-electron chi connectivity index (χ4n) is 2.71. The average Bonchev–Trinajstić information content (AvgIpc) is 2.70. The van der Waals surface area contributed by atoms with Gasteiger partial charge in [0, 0.05) is 5.92 Å². The van der Waals surface area contributed by atoms with E-state index in [9.17, 15) is 0 Å². The van der Waals surface area contributed by atoms with Gasteiger partial charge in [-0.15, -0.1) is 0 Å². The van der Waals surface area contributed by atoms with E-state index in [0.717, 1.165) is 5.71 Å². The second-order valence-electron chi connectivity index (χ2n) is 4.66. The van der Waals surface area contributed by atoms with Crippen LogP contribution in [0.1, 0.15) is 19.4 Å². The summed E-state index contributed by atoms with van der Waals surface area (Å²) in [6.45, 7) is 4.54. The van der Waals surface area contributed by atoms with Gasteiger partial charge in [0.05, 0.1) is 5.71 Å². The summed E-state index contributed by atoms with van der Waals surface area (Å²) in [5.74, 6) is 1.85. The molecule has 0 N–H and O–H groups in total. The van der Waals surface area contributed by atoms with Crippen LogP contribution in [0.15, 0.2) is 35.5 Å². The van der Waals surface area contributed by atoms with Gasteiger partial charge in [-0.2, -0.15) is 0 Å². The van der Waals surface area contributed by atoms with Crippen molar-refractivity contribution < 1.29 is 4.84 Å². The van der Waals surface area contributed by atoms with Gasteiger partial charge < -0.3 is 4.84 Å². The predicted octanol–water partition coefficient (Wildman–Crippen LogP) is 2.69. The first kappa shape index (κ1) is 8.96. The summed E-state index contributed by atoms with van der Waals surface area (Å²) < 4.78 is 0. The number of hydrogen-bond donors (Lipinski definition) is 0. The molecular formula is C13H15NO. The zero-order valence-electron chi connectivity index (χ0n) is 9.05. The van der Waals surface area contributed by atoms with Crippen LogP contribution in [0.2, 0.25) is 0 Å². The van der Waals surface area contributed by atoms with Crippen molar-refractivity contribution in [3.05, 3.63) is 35.9 Å². The van der Waals surface area contributed by atoms with E-state index in [1.165, 1.54) is 5.56 Å². The lowest BCUT2D eigenvalue weighted by Crippen LogP contribution is -2.49. The predicted molar refractivity (Wildman–Crippen MR) is 59.7 cm³/mol. The van der Waals surface area contributed by atoms with E-state index >= 15 is 0 Å². The molecule has 4 atom stereocenters. The first-order valence-electron chi connectivity index (χ1n) is 5.58. The highest BCUT2D eigenvalue weighted by Crippen LogP contribution is 2.47. The van der Waals surface area contributed by atoms with Gasteiger partial charge in [-0.3, -0.25) is 0 Å². The van der Waals surface area contributed by atoms with Crippen LogP contribution in [0, 0.1) is 17.8 Å². The maximum Gasteiger partial charge on any atom is 0.139 e. The van der Waals surface area contributed by atoms with Crippen molar-refractivity contribution in [1.82, 2.24) is 0 Å². The maximum atomic E-state index is 5.49. The van der Waals surface area contributed by atoms with E-state index in [4.69, 9.17) is 4.84 Å². The maximum absolute atomic E-state index is 5.49. The van der Waals surface area contributed by atoms with Crippen LogP contribution in [-0.4, -0.2) is 11.8 Å². The highest BCUT2D eigenvalue weighted by Gasteiger charge is 2.53. The molecule has 0 amide bonds. The molecule has 0 unspecified atom stereocenters. The highest BCUT2D eigenvalue weighted by molar-refractivity contribution is 6.03. The molecule has 1 saturated carbocycles. The number of oxime groups is 1. The van der Waals surface area contributed by atoms with Gasteiger partial charge in [0.2, 0.25) is 0 Å². The molecule has 3 rings (SSSR count). The Morgan fingerprint density at radius 1 is 1.07 bits per heavy atom. The lowest BCUT2D eigenvalue weighted by Gasteiger charge is -2.42. The van der Waals surface area contributed by atoms with Crippen LogP contribution in [0.4, 0.5) is 0 Å². The van der Waals surface area contributed by atoms with Gasteiger partial charge in [0.25, 0.3) is 0 Å². The zero-order chi connectivity index (χ0) is 10.4. The van der Waals surface area contributed by atoms with Crippen molar-refractivity contribution in [2.45, 2.75) is 20.0 Å². The van der Waals surface area contributed by atoms with Crippen molar-refractivity contribution in [3.63, 3.8) is 0 Å². The van der Waals surface area contributed by atoms with E-state index in [-0.39, 0.29) is 0 Å². The topological polar surface area (TPSA) is 21.6 Å². The van der Waals surface area contributed by atoms with E-state index in [1.54, 1.807) is 0 Å². The second-order valence-corrected chi connectivity index (χ2v) is 4.66. The first-order valence-corrected chi connectivity index (χ1v) is 5.58. The summed E-state index contributed by atoms with van der Waals surface area (Å²) in [6.07, 6.45) is 0.329. The monoisotopic (exact) mass is 201 g/mol. The largest absolute Gasteiger partial charge is 0.391 e. The van der Waals surface area contributed by atoms with Crippen LogP contribution < -0.4 is 0 Å². The quantitative estimate of drug-likeness (QED) is 0.684. The van der Waals surface area contributed by atoms with E-state index in [1.807, 2.05) is 6.07 Å². The normalized spacial score (nSPS) is 37.6. The summed E-state index contributed by atoms with van der Waals surface area (Å²) in [5.41, 5.74) is 2.36. The zero-order valence-corrected chi connectivity index (χ0v) is 9.05. The number of hydrogen-bond acceptors (Lipinski definition) is 2. The van der Waals surface area contributed by atoms with Crippen LogP contribution >= 0.6 is 0 Å². The fourth-order valence-corrected chi connectivity index (χ4v) is 2.71. The Kier molecular flexibility index (Phi) is 1.84. The molecule has 0 bridgehead atoms. The summed E-state index contributed by atoms with van der Waals surface area (Å²) in [7, 11) is 0. The number of benzene rings is 1. The summed E-state index contributed by atoms with van der Waals surface area (Å²) in [4.78, 5) is 5.49. The molecule has 0 radical (unpaired) electrons. The Balaban J connectivity index is 1.91. The van der Waals surface area contributed by atoms with Gasteiger partial charge in [-0.05, 0) is 17.4 Å². The van der Waals surface area contributed by atoms with Gasteiger partial charge >= 0.3 is 0 Å². The van der Waals surface area contributed by atoms with Crippen molar-refractivity contribution in [1.29, 1.82) is 0 Å². The third-order valence-electron chi connectivity index (χ3n) is 3.93. The van der Waals surface area contributed by atoms with Crippen LogP contribution in [-0.2, 0) is 4.84 Å². The van der Waals surface area contributed by atoms with E-state index in [0.29, 0.717) is 23.9 Å². The van der Waals surface area contributed by atoms with E-state index in [2.05, 4.69) is 43.3 Å². The third kappa shape index (κ3) is 1.14. The summed E-state index contributed by atoms with van der Waals surface area (Å²) in [6, 6.07) is 10.4. The molecule has 78 valence electrons. The number of nitrogens with zero attached hydrogens (tertiary/aromatic N) is 1. The van der Waals surface area contributed by atoms with Gasteiger partial charge in [0.1, 0.15) is 6.10 Å². The molecule has 2 heteroatoms. The Bertz CT molecular complexity index is 398. The average molecular weight is 201 g/mol. The molecule has 15 heavy (non-hydrogen) atoms. The Hall–Kier alpha value is -1.31. The molecular weight excluding hydrogens is 186 g/mol. The van der Waals surface area contributed by atoms with Crippen LogP contribution in [0.3, 0.4) is 0 Å². The Morgan fingerprint density at radius 2 is 1.80 bits per heavy atom. The molecule has 1 fully saturated rings. The summed E-state index contributed by atoms with van der Waals surface area (Å²) >= 11 is 0. The highest BCUT2D eigenvalue weighted by atomic mass is 16.6. The van der Waals surface area contributed by atoms with Gasteiger partial charge in [-0.1, -0.05) is 49.3 Å². The molecule has 0 saturated heterocycles. The summed E-state index contributed by atoms with van der Waals surface area (Å²) in [5, 5.41) is 4.25. The minimum Gasteiger partial charge on any atom is -0.391 e. The number of rotatable bonds is 1. The molecule has 2 aliphatic rings.